The van der Waals surface area contributed by atoms with Crippen LogP contribution in [0.1, 0.15) is 22.1 Å². The van der Waals surface area contributed by atoms with Crippen molar-refractivity contribution in [1.82, 2.24) is 10.1 Å². The Hall–Kier alpha value is -1.68. The Kier molecular flexibility index (Phi) is 2.51. The van der Waals surface area contributed by atoms with Crippen LogP contribution in [0.3, 0.4) is 0 Å². The maximum Gasteiger partial charge on any atom is 0.243 e. The molecule has 0 saturated carbocycles. The summed E-state index contributed by atoms with van der Waals surface area (Å²) < 4.78 is 4.72. The van der Waals surface area contributed by atoms with Crippen molar-refractivity contribution in [3.05, 3.63) is 46.6 Å². The van der Waals surface area contributed by atoms with E-state index in [0.717, 1.165) is 0 Å². The molecule has 0 radical (unpaired) electrons. The molecule has 0 bridgehead atoms. The second kappa shape index (κ2) is 3.82. The van der Waals surface area contributed by atoms with Crippen LogP contribution in [0.5, 0.6) is 0 Å². The van der Waals surface area contributed by atoms with Crippen LogP contribution in [0.4, 0.5) is 0 Å². The van der Waals surface area contributed by atoms with Crippen LogP contribution in [-0.4, -0.2) is 15.9 Å². The van der Waals surface area contributed by atoms with Crippen molar-refractivity contribution < 1.29 is 9.32 Å². The molecule has 0 aliphatic carbocycles. The van der Waals surface area contributed by atoms with E-state index >= 15 is 0 Å². The van der Waals surface area contributed by atoms with E-state index in [-0.39, 0.29) is 11.6 Å². The zero-order valence-electron chi connectivity index (χ0n) is 7.90. The van der Waals surface area contributed by atoms with Gasteiger partial charge in [-0.2, -0.15) is 4.98 Å². The fraction of sp³-hybridized carbons (Fsp3) is 0.100. The van der Waals surface area contributed by atoms with Crippen LogP contribution in [0.25, 0.3) is 0 Å². The number of hydrogen-bond donors (Lipinski definition) is 0. The first-order chi connectivity index (χ1) is 7.16. The molecule has 15 heavy (non-hydrogen) atoms. The number of carbonyl (C=O) groups excluding carboxylic acids is 1. The third-order valence-electron chi connectivity index (χ3n) is 1.84. The quantitative estimate of drug-likeness (QED) is 0.732. The van der Waals surface area contributed by atoms with Crippen molar-refractivity contribution in [2.24, 2.45) is 0 Å². The number of aromatic nitrogens is 2. The minimum Gasteiger partial charge on any atom is -0.339 e. The molecule has 5 heteroatoms. The molecule has 0 N–H and O–H groups in total. The van der Waals surface area contributed by atoms with E-state index in [1.165, 1.54) is 0 Å². The highest BCUT2D eigenvalue weighted by Crippen LogP contribution is 2.12. The highest BCUT2D eigenvalue weighted by Gasteiger charge is 2.14. The van der Waals surface area contributed by atoms with Crippen molar-refractivity contribution in [2.45, 2.75) is 6.92 Å². The standard InChI is InChI=1S/C10H7ClN2O2/c1-6-12-10(13-15-6)9(14)7-2-4-8(11)5-3-7/h2-5H,1H3. The lowest BCUT2D eigenvalue weighted by Gasteiger charge is -1.95. The second-order valence-corrected chi connectivity index (χ2v) is 3.41. The van der Waals surface area contributed by atoms with E-state index in [0.29, 0.717) is 16.5 Å². The van der Waals surface area contributed by atoms with E-state index in [1.807, 2.05) is 0 Å². The van der Waals surface area contributed by atoms with E-state index in [9.17, 15) is 4.79 Å². The number of ketones is 1. The van der Waals surface area contributed by atoms with Crippen LogP contribution < -0.4 is 0 Å². The molecule has 4 nitrogen and oxygen atoms in total. The maximum atomic E-state index is 11.7. The lowest BCUT2D eigenvalue weighted by Crippen LogP contribution is -2.03. The van der Waals surface area contributed by atoms with E-state index in [1.54, 1.807) is 31.2 Å². The maximum absolute atomic E-state index is 11.7. The van der Waals surface area contributed by atoms with Gasteiger partial charge in [0.05, 0.1) is 0 Å². The first-order valence-electron chi connectivity index (χ1n) is 4.27. The lowest BCUT2D eigenvalue weighted by atomic mass is 10.1. The molecule has 1 aromatic carbocycles. The van der Waals surface area contributed by atoms with Gasteiger partial charge in [-0.05, 0) is 24.3 Å². The number of carbonyl (C=O) groups is 1. The number of nitrogens with zero attached hydrogens (tertiary/aromatic N) is 2. The summed E-state index contributed by atoms with van der Waals surface area (Å²) in [5.74, 6) is 0.158. The van der Waals surface area contributed by atoms with Crippen molar-refractivity contribution in [3.63, 3.8) is 0 Å². The van der Waals surface area contributed by atoms with Gasteiger partial charge in [-0.25, -0.2) is 0 Å². The number of aryl methyl sites for hydroxylation is 1. The summed E-state index contributed by atoms with van der Waals surface area (Å²) in [6.07, 6.45) is 0. The van der Waals surface area contributed by atoms with Gasteiger partial charge in [0.1, 0.15) is 0 Å². The predicted molar refractivity (Wildman–Crippen MR) is 53.9 cm³/mol. The molecule has 0 spiro atoms. The van der Waals surface area contributed by atoms with Gasteiger partial charge >= 0.3 is 0 Å². The summed E-state index contributed by atoms with van der Waals surface area (Å²) in [6, 6.07) is 6.52. The summed E-state index contributed by atoms with van der Waals surface area (Å²) in [6.45, 7) is 1.63. The molecule has 0 amide bonds. The predicted octanol–water partition coefficient (Wildman–Crippen LogP) is 2.26. The van der Waals surface area contributed by atoms with Gasteiger partial charge < -0.3 is 4.52 Å². The number of benzene rings is 1. The normalized spacial score (nSPS) is 10.3. The zero-order chi connectivity index (χ0) is 10.8. The molecule has 0 fully saturated rings. The van der Waals surface area contributed by atoms with Crippen LogP contribution >= 0.6 is 11.6 Å². The molecule has 0 atom stereocenters. The van der Waals surface area contributed by atoms with Crippen LogP contribution in [0, 0.1) is 6.92 Å². The van der Waals surface area contributed by atoms with Gasteiger partial charge in [-0.15, -0.1) is 0 Å². The van der Waals surface area contributed by atoms with Crippen molar-refractivity contribution in [3.8, 4) is 0 Å². The number of rotatable bonds is 2. The minimum absolute atomic E-state index is 0.0647. The van der Waals surface area contributed by atoms with E-state index in [4.69, 9.17) is 16.1 Å². The number of hydrogen-bond acceptors (Lipinski definition) is 4. The Labute approximate surface area is 90.9 Å². The fourth-order valence-electron chi connectivity index (χ4n) is 1.12. The van der Waals surface area contributed by atoms with Gasteiger partial charge in [0.15, 0.2) is 0 Å². The molecule has 2 rings (SSSR count). The minimum atomic E-state index is -0.275. The van der Waals surface area contributed by atoms with Crippen LogP contribution in [-0.2, 0) is 0 Å². The summed E-state index contributed by atoms with van der Waals surface area (Å²) in [4.78, 5) is 15.6. The van der Waals surface area contributed by atoms with Crippen LogP contribution in [0.2, 0.25) is 5.02 Å². The topological polar surface area (TPSA) is 56.0 Å². The lowest BCUT2D eigenvalue weighted by molar-refractivity contribution is 0.102. The smallest absolute Gasteiger partial charge is 0.243 e. The summed E-state index contributed by atoms with van der Waals surface area (Å²) >= 11 is 5.71. The van der Waals surface area contributed by atoms with Gasteiger partial charge in [0, 0.05) is 17.5 Å². The van der Waals surface area contributed by atoms with E-state index in [2.05, 4.69) is 10.1 Å². The molecule has 0 saturated heterocycles. The second-order valence-electron chi connectivity index (χ2n) is 2.97. The highest BCUT2D eigenvalue weighted by molar-refractivity contribution is 6.30. The summed E-state index contributed by atoms with van der Waals surface area (Å²) in [5.41, 5.74) is 0.486. The molecular formula is C10H7ClN2O2. The van der Waals surface area contributed by atoms with Crippen molar-refractivity contribution in [2.75, 3.05) is 0 Å². The Balaban J connectivity index is 2.32. The Bertz CT molecular complexity index is 490. The first kappa shape index (κ1) is 9.86. The van der Waals surface area contributed by atoms with Gasteiger partial charge in [-0.1, -0.05) is 16.8 Å². The number of halogens is 1. The average Bonchev–Trinajstić information content (AvgIpc) is 2.65. The monoisotopic (exact) mass is 222 g/mol. The Morgan fingerprint density at radius 2 is 2.00 bits per heavy atom. The molecule has 0 aliphatic rings. The Morgan fingerprint density at radius 1 is 1.33 bits per heavy atom. The molecule has 2 aromatic rings. The van der Waals surface area contributed by atoms with Crippen LogP contribution in [0.15, 0.2) is 28.8 Å². The van der Waals surface area contributed by atoms with Gasteiger partial charge in [0.25, 0.3) is 0 Å². The Morgan fingerprint density at radius 3 is 2.53 bits per heavy atom. The molecule has 76 valence electrons. The van der Waals surface area contributed by atoms with Crippen molar-refractivity contribution in [1.29, 1.82) is 0 Å². The first-order valence-corrected chi connectivity index (χ1v) is 4.65. The zero-order valence-corrected chi connectivity index (χ0v) is 8.65. The van der Waals surface area contributed by atoms with Crippen molar-refractivity contribution >= 4 is 17.4 Å². The molecule has 1 heterocycles. The molecular weight excluding hydrogens is 216 g/mol. The molecule has 0 unspecified atom stereocenters. The third kappa shape index (κ3) is 2.05. The highest BCUT2D eigenvalue weighted by atomic mass is 35.5. The molecule has 0 aliphatic heterocycles. The van der Waals surface area contributed by atoms with Gasteiger partial charge in [-0.3, -0.25) is 4.79 Å². The van der Waals surface area contributed by atoms with Gasteiger partial charge in [0.2, 0.25) is 17.5 Å². The third-order valence-corrected chi connectivity index (χ3v) is 2.09. The van der Waals surface area contributed by atoms with E-state index < -0.39 is 0 Å². The summed E-state index contributed by atoms with van der Waals surface area (Å²) in [5, 5.41) is 4.13. The fourth-order valence-corrected chi connectivity index (χ4v) is 1.25. The largest absolute Gasteiger partial charge is 0.339 e. The summed E-state index contributed by atoms with van der Waals surface area (Å²) in [7, 11) is 0. The average molecular weight is 223 g/mol. The SMILES string of the molecule is Cc1nc(C(=O)c2ccc(Cl)cc2)no1. The molecule has 1 aromatic heterocycles.